The second-order valence-corrected chi connectivity index (χ2v) is 3.08. The average Bonchev–Trinajstić information content (AvgIpc) is 1.83. The summed E-state index contributed by atoms with van der Waals surface area (Å²) in [6, 6.07) is 0. The van der Waals surface area contributed by atoms with Gasteiger partial charge < -0.3 is 0 Å². The lowest BCUT2D eigenvalue weighted by atomic mass is 10.1. The Balaban J connectivity index is 3.43. The van der Waals surface area contributed by atoms with Gasteiger partial charge in [0.1, 0.15) is 0 Å². The molecule has 0 heterocycles. The fraction of sp³-hybridized carbons (Fsp3) is 0.750. The molecule has 0 aliphatic carbocycles. The number of allylic oxidation sites excluding steroid dienone is 2. The summed E-state index contributed by atoms with van der Waals surface area (Å²) in [6.07, 6.45) is 3.36. The normalized spacial score (nSPS) is 12.8. The largest absolute Gasteiger partial charge is 0.122 e. The van der Waals surface area contributed by atoms with Crippen molar-refractivity contribution in [3.05, 3.63) is 11.6 Å². The lowest BCUT2D eigenvalue weighted by Gasteiger charge is -1.98. The van der Waals surface area contributed by atoms with E-state index in [1.54, 1.807) is 0 Å². The molecule has 0 rings (SSSR count). The first-order chi connectivity index (χ1) is 4.16. The van der Waals surface area contributed by atoms with Crippen LogP contribution >= 0.6 is 11.6 Å². The molecule has 9 heavy (non-hydrogen) atoms. The Kier molecular flexibility index (Phi) is 4.88. The van der Waals surface area contributed by atoms with E-state index in [1.807, 2.05) is 0 Å². The van der Waals surface area contributed by atoms with Crippen LogP contribution in [-0.4, -0.2) is 5.88 Å². The summed E-state index contributed by atoms with van der Waals surface area (Å²) in [7, 11) is 0. The summed E-state index contributed by atoms with van der Waals surface area (Å²) >= 11 is 5.57. The number of rotatable bonds is 3. The van der Waals surface area contributed by atoms with Crippen LogP contribution in [0.5, 0.6) is 0 Å². The fourth-order valence-corrected chi connectivity index (χ4v) is 0.601. The van der Waals surface area contributed by atoms with Crippen molar-refractivity contribution in [2.75, 3.05) is 5.88 Å². The molecular weight excluding hydrogens is 132 g/mol. The first kappa shape index (κ1) is 9.03. The second kappa shape index (κ2) is 4.87. The Labute approximate surface area is 62.9 Å². The van der Waals surface area contributed by atoms with Crippen LogP contribution in [0, 0.1) is 5.92 Å². The molecule has 0 atom stereocenters. The van der Waals surface area contributed by atoms with E-state index in [9.17, 15) is 0 Å². The summed E-state index contributed by atoms with van der Waals surface area (Å²) in [6.45, 7) is 6.48. The molecule has 0 unspecified atom stereocenters. The van der Waals surface area contributed by atoms with Gasteiger partial charge in [0.05, 0.1) is 0 Å². The van der Waals surface area contributed by atoms with Crippen LogP contribution < -0.4 is 0 Å². The quantitative estimate of drug-likeness (QED) is 0.424. The van der Waals surface area contributed by atoms with Crippen LogP contribution in [0.2, 0.25) is 0 Å². The van der Waals surface area contributed by atoms with E-state index in [0.29, 0.717) is 5.88 Å². The zero-order valence-corrected chi connectivity index (χ0v) is 7.20. The van der Waals surface area contributed by atoms with Crippen molar-refractivity contribution in [1.29, 1.82) is 0 Å². The van der Waals surface area contributed by atoms with Gasteiger partial charge in [0, 0.05) is 5.88 Å². The molecule has 0 aromatic heterocycles. The molecule has 0 aromatic carbocycles. The van der Waals surface area contributed by atoms with E-state index in [-0.39, 0.29) is 0 Å². The summed E-state index contributed by atoms with van der Waals surface area (Å²) in [4.78, 5) is 0. The lowest BCUT2D eigenvalue weighted by Crippen LogP contribution is -1.84. The van der Waals surface area contributed by atoms with Gasteiger partial charge >= 0.3 is 0 Å². The molecule has 0 fully saturated rings. The van der Waals surface area contributed by atoms with E-state index < -0.39 is 0 Å². The molecule has 0 saturated heterocycles. The summed E-state index contributed by atoms with van der Waals surface area (Å²) in [5.74, 6) is 1.43. The second-order valence-electron chi connectivity index (χ2n) is 2.81. The molecule has 0 aliphatic heterocycles. The predicted octanol–water partition coefficient (Wildman–Crippen LogP) is 3.22. The van der Waals surface area contributed by atoms with Gasteiger partial charge in [-0.3, -0.25) is 0 Å². The molecule has 0 amide bonds. The van der Waals surface area contributed by atoms with E-state index in [4.69, 9.17) is 11.6 Å². The first-order valence-corrected chi connectivity index (χ1v) is 3.92. The third kappa shape index (κ3) is 5.91. The van der Waals surface area contributed by atoms with Crippen molar-refractivity contribution in [3.63, 3.8) is 0 Å². The van der Waals surface area contributed by atoms with Crippen molar-refractivity contribution in [2.24, 2.45) is 5.92 Å². The minimum absolute atomic E-state index is 0.673. The number of alkyl halides is 1. The molecule has 0 aliphatic rings. The van der Waals surface area contributed by atoms with Crippen LogP contribution in [0.1, 0.15) is 27.2 Å². The molecule has 0 radical (unpaired) electrons. The van der Waals surface area contributed by atoms with Crippen LogP contribution in [0.15, 0.2) is 11.6 Å². The Morgan fingerprint density at radius 1 is 1.56 bits per heavy atom. The molecular formula is C8H15Cl. The van der Waals surface area contributed by atoms with Gasteiger partial charge in [-0.2, -0.15) is 0 Å². The van der Waals surface area contributed by atoms with Gasteiger partial charge in [-0.05, 0) is 19.3 Å². The molecule has 1 heteroatoms. The maximum absolute atomic E-state index is 5.57. The highest BCUT2D eigenvalue weighted by Gasteiger charge is 1.89. The first-order valence-electron chi connectivity index (χ1n) is 3.38. The third-order valence-corrected chi connectivity index (χ3v) is 1.57. The molecule has 0 bridgehead atoms. The third-order valence-electron chi connectivity index (χ3n) is 1.15. The maximum Gasteiger partial charge on any atom is 0.0430 e. The Morgan fingerprint density at radius 2 is 2.11 bits per heavy atom. The van der Waals surface area contributed by atoms with E-state index in [1.165, 1.54) is 5.57 Å². The van der Waals surface area contributed by atoms with Crippen LogP contribution in [0.4, 0.5) is 0 Å². The maximum atomic E-state index is 5.57. The van der Waals surface area contributed by atoms with Crippen molar-refractivity contribution < 1.29 is 0 Å². The Hall–Kier alpha value is 0.0300. The van der Waals surface area contributed by atoms with Crippen LogP contribution in [0.25, 0.3) is 0 Å². The molecule has 0 N–H and O–H groups in total. The minimum Gasteiger partial charge on any atom is -0.122 e. The summed E-state index contributed by atoms with van der Waals surface area (Å²) in [5, 5.41) is 0. The zero-order valence-electron chi connectivity index (χ0n) is 6.45. The van der Waals surface area contributed by atoms with Crippen LogP contribution in [-0.2, 0) is 0 Å². The van der Waals surface area contributed by atoms with Gasteiger partial charge in [0.25, 0.3) is 0 Å². The highest BCUT2D eigenvalue weighted by atomic mass is 35.5. The fourth-order valence-electron chi connectivity index (χ4n) is 0.491. The highest BCUT2D eigenvalue weighted by Crippen LogP contribution is 2.04. The van der Waals surface area contributed by atoms with Gasteiger partial charge in [-0.15, -0.1) is 11.6 Å². The van der Waals surface area contributed by atoms with Crippen molar-refractivity contribution in [1.82, 2.24) is 0 Å². The minimum atomic E-state index is 0.673. The van der Waals surface area contributed by atoms with Gasteiger partial charge in [-0.1, -0.05) is 25.5 Å². The molecule has 0 saturated carbocycles. The van der Waals surface area contributed by atoms with E-state index >= 15 is 0 Å². The molecule has 0 aromatic rings. The topological polar surface area (TPSA) is 0 Å². The standard InChI is InChI=1S/C8H15Cl/c1-7(2)4-5-8(3)6-9/h5,7H,4,6H2,1-3H3. The van der Waals surface area contributed by atoms with E-state index in [0.717, 1.165) is 12.3 Å². The molecule has 54 valence electrons. The average molecular weight is 147 g/mol. The Bertz CT molecular complexity index is 92.7. The monoisotopic (exact) mass is 146 g/mol. The lowest BCUT2D eigenvalue weighted by molar-refractivity contribution is 0.661. The molecule has 0 spiro atoms. The zero-order chi connectivity index (χ0) is 7.28. The van der Waals surface area contributed by atoms with Crippen molar-refractivity contribution in [2.45, 2.75) is 27.2 Å². The summed E-state index contributed by atoms with van der Waals surface area (Å²) < 4.78 is 0. The number of hydrogen-bond acceptors (Lipinski definition) is 0. The smallest absolute Gasteiger partial charge is 0.0430 e. The highest BCUT2D eigenvalue weighted by molar-refractivity contribution is 6.19. The predicted molar refractivity (Wildman–Crippen MR) is 43.9 cm³/mol. The van der Waals surface area contributed by atoms with Crippen molar-refractivity contribution in [3.8, 4) is 0 Å². The van der Waals surface area contributed by atoms with Gasteiger partial charge in [0.15, 0.2) is 0 Å². The molecule has 0 nitrogen and oxygen atoms in total. The van der Waals surface area contributed by atoms with Gasteiger partial charge in [-0.25, -0.2) is 0 Å². The SMILES string of the molecule is CC(=CCC(C)C)CCl. The number of hydrogen-bond donors (Lipinski definition) is 0. The Morgan fingerprint density at radius 3 is 2.44 bits per heavy atom. The number of halogens is 1. The van der Waals surface area contributed by atoms with E-state index in [2.05, 4.69) is 26.8 Å². The van der Waals surface area contributed by atoms with Gasteiger partial charge in [0.2, 0.25) is 0 Å². The van der Waals surface area contributed by atoms with Crippen LogP contribution in [0.3, 0.4) is 0 Å². The van der Waals surface area contributed by atoms with Crippen molar-refractivity contribution >= 4 is 11.6 Å². The summed E-state index contributed by atoms with van der Waals surface area (Å²) in [5.41, 5.74) is 1.28.